The normalized spacial score (nSPS) is 12.2. The molecule has 13 heavy (non-hydrogen) atoms. The topological polar surface area (TPSA) is 26.0 Å². The minimum atomic E-state index is -0.0307. The van der Waals surface area contributed by atoms with Crippen LogP contribution in [0.5, 0.6) is 0 Å². The second kappa shape index (κ2) is 4.64. The number of aryl methyl sites for hydroxylation is 1. The minimum Gasteiger partial charge on any atom is -0.323 e. The van der Waals surface area contributed by atoms with E-state index >= 15 is 0 Å². The molecule has 0 aliphatic rings. The van der Waals surface area contributed by atoms with E-state index in [-0.39, 0.29) is 6.04 Å². The van der Waals surface area contributed by atoms with Gasteiger partial charge in [-0.05, 0) is 40.6 Å². The molecule has 0 saturated carbocycles. The summed E-state index contributed by atoms with van der Waals surface area (Å²) >= 11 is 2.31. The van der Waals surface area contributed by atoms with Crippen molar-refractivity contribution in [2.24, 2.45) is 5.73 Å². The average Bonchev–Trinajstić information content (AvgIpc) is 2.10. The Morgan fingerprint density at radius 2 is 2.31 bits per heavy atom. The van der Waals surface area contributed by atoms with E-state index in [0.29, 0.717) is 6.42 Å². The Hall–Kier alpha value is -0.530. The largest absolute Gasteiger partial charge is 0.323 e. The summed E-state index contributed by atoms with van der Waals surface area (Å²) in [6.45, 7) is 2.08. The van der Waals surface area contributed by atoms with E-state index in [1.165, 1.54) is 9.13 Å². The number of hydrogen-bond donors (Lipinski definition) is 1. The van der Waals surface area contributed by atoms with Gasteiger partial charge in [0.05, 0.1) is 0 Å². The highest BCUT2D eigenvalue weighted by Crippen LogP contribution is 2.22. The molecule has 1 nitrogen and oxygen atoms in total. The molecule has 2 heteroatoms. The molecular weight excluding hydrogens is 273 g/mol. The first-order valence-electron chi connectivity index (χ1n) is 4.11. The van der Waals surface area contributed by atoms with Gasteiger partial charge in [-0.2, -0.15) is 0 Å². The predicted octanol–water partition coefficient (Wildman–Crippen LogP) is 2.62. The molecule has 2 N–H and O–H groups in total. The van der Waals surface area contributed by atoms with Gasteiger partial charge in [0.1, 0.15) is 0 Å². The monoisotopic (exact) mass is 285 g/mol. The summed E-state index contributed by atoms with van der Waals surface area (Å²) in [5.41, 5.74) is 8.33. The number of halogens is 1. The molecule has 0 aliphatic heterocycles. The minimum absolute atomic E-state index is 0.0307. The lowest BCUT2D eigenvalue weighted by Gasteiger charge is -2.12. The molecule has 0 radical (unpaired) electrons. The molecule has 1 aromatic rings. The first kappa shape index (κ1) is 10.6. The van der Waals surface area contributed by atoms with Crippen LogP contribution in [0.1, 0.15) is 23.6 Å². The van der Waals surface area contributed by atoms with Crippen LogP contribution in [0.15, 0.2) is 18.2 Å². The number of rotatable bonds is 2. The fourth-order valence-electron chi connectivity index (χ4n) is 1.19. The van der Waals surface area contributed by atoms with Gasteiger partial charge in [0.25, 0.3) is 0 Å². The molecule has 68 valence electrons. The molecule has 0 aliphatic carbocycles. The quantitative estimate of drug-likeness (QED) is 0.656. The molecule has 0 spiro atoms. The Kier molecular flexibility index (Phi) is 3.76. The van der Waals surface area contributed by atoms with Gasteiger partial charge in [-0.3, -0.25) is 0 Å². The van der Waals surface area contributed by atoms with E-state index < -0.39 is 0 Å². The highest BCUT2D eigenvalue weighted by Gasteiger charge is 2.09. The fraction of sp³-hybridized carbons (Fsp3) is 0.273. The van der Waals surface area contributed by atoms with Crippen LogP contribution in [0.4, 0.5) is 0 Å². The molecule has 0 bridgehead atoms. The lowest BCUT2D eigenvalue weighted by molar-refractivity contribution is 0.749. The Bertz CT molecular complexity index is 338. The first-order valence-corrected chi connectivity index (χ1v) is 5.18. The van der Waals surface area contributed by atoms with Crippen molar-refractivity contribution in [2.45, 2.75) is 19.4 Å². The summed E-state index contributed by atoms with van der Waals surface area (Å²) in [5, 5.41) is 0. The fourth-order valence-corrected chi connectivity index (χ4v) is 1.95. The van der Waals surface area contributed by atoms with Crippen LogP contribution in [0.3, 0.4) is 0 Å². The Balaban J connectivity index is 3.02. The van der Waals surface area contributed by atoms with E-state index in [2.05, 4.69) is 41.5 Å². The maximum atomic E-state index is 5.93. The molecule has 0 aromatic heterocycles. The van der Waals surface area contributed by atoms with Crippen LogP contribution < -0.4 is 5.73 Å². The molecule has 1 atom stereocenters. The molecule has 1 aromatic carbocycles. The second-order valence-electron chi connectivity index (χ2n) is 2.99. The number of nitrogens with two attached hydrogens (primary N) is 1. The second-order valence-corrected chi connectivity index (χ2v) is 4.07. The molecule has 1 rings (SSSR count). The van der Waals surface area contributed by atoms with Crippen LogP contribution >= 0.6 is 22.6 Å². The summed E-state index contributed by atoms with van der Waals surface area (Å²) in [4.78, 5) is 0. The maximum absolute atomic E-state index is 5.93. The van der Waals surface area contributed by atoms with Gasteiger partial charge in [0.2, 0.25) is 0 Å². The predicted molar refractivity (Wildman–Crippen MR) is 64.3 cm³/mol. The Morgan fingerprint density at radius 3 is 2.92 bits per heavy atom. The summed E-state index contributed by atoms with van der Waals surface area (Å²) < 4.78 is 1.22. The van der Waals surface area contributed by atoms with E-state index in [4.69, 9.17) is 12.2 Å². The Morgan fingerprint density at radius 1 is 1.62 bits per heavy atom. The van der Waals surface area contributed by atoms with Crippen molar-refractivity contribution >= 4 is 22.6 Å². The van der Waals surface area contributed by atoms with E-state index in [1.54, 1.807) is 0 Å². The van der Waals surface area contributed by atoms with Crippen LogP contribution in [0, 0.1) is 22.8 Å². The summed E-state index contributed by atoms with van der Waals surface area (Å²) in [6.07, 6.45) is 5.82. The highest BCUT2D eigenvalue weighted by molar-refractivity contribution is 14.1. The third kappa shape index (κ3) is 2.45. The van der Waals surface area contributed by atoms with Gasteiger partial charge in [-0.1, -0.05) is 18.2 Å². The lowest BCUT2D eigenvalue weighted by atomic mass is 10.0. The first-order chi connectivity index (χ1) is 6.16. The van der Waals surface area contributed by atoms with Crippen LogP contribution in [-0.4, -0.2) is 0 Å². The summed E-state index contributed by atoms with van der Waals surface area (Å²) in [5.74, 6) is 2.58. The molecule has 1 unspecified atom stereocenters. The maximum Gasteiger partial charge on any atom is 0.0416 e. The highest BCUT2D eigenvalue weighted by atomic mass is 127. The lowest BCUT2D eigenvalue weighted by Crippen LogP contribution is -2.11. The van der Waals surface area contributed by atoms with E-state index in [1.807, 2.05) is 12.1 Å². The summed E-state index contributed by atoms with van der Waals surface area (Å²) in [7, 11) is 0. The zero-order valence-corrected chi connectivity index (χ0v) is 9.71. The molecule has 0 fully saturated rings. The van der Waals surface area contributed by atoms with E-state index in [0.717, 1.165) is 5.56 Å². The number of hydrogen-bond acceptors (Lipinski definition) is 1. The third-order valence-electron chi connectivity index (χ3n) is 1.96. The average molecular weight is 285 g/mol. The zero-order chi connectivity index (χ0) is 9.84. The van der Waals surface area contributed by atoms with Crippen molar-refractivity contribution in [1.29, 1.82) is 0 Å². The zero-order valence-electron chi connectivity index (χ0n) is 7.55. The van der Waals surface area contributed by atoms with Crippen molar-refractivity contribution in [1.82, 2.24) is 0 Å². The molecule has 0 heterocycles. The molecular formula is C11H12IN. The molecule has 0 amide bonds. The smallest absolute Gasteiger partial charge is 0.0416 e. The molecule has 0 saturated heterocycles. The van der Waals surface area contributed by atoms with Crippen LogP contribution in [0.25, 0.3) is 0 Å². The van der Waals surface area contributed by atoms with Crippen molar-refractivity contribution < 1.29 is 0 Å². The van der Waals surface area contributed by atoms with Gasteiger partial charge in [-0.25, -0.2) is 0 Å². The standard InChI is InChI=1S/C11H12IN/c1-3-5-10(13)9-7-4-6-8(2)11(9)12/h1,4,6-7,10H,5,13H2,2H3. The van der Waals surface area contributed by atoms with Crippen molar-refractivity contribution in [3.8, 4) is 12.3 Å². The number of benzene rings is 1. The number of terminal acetylenes is 1. The van der Waals surface area contributed by atoms with Gasteiger partial charge in [-0.15, -0.1) is 12.3 Å². The van der Waals surface area contributed by atoms with Gasteiger partial charge >= 0.3 is 0 Å². The van der Waals surface area contributed by atoms with Crippen LogP contribution in [-0.2, 0) is 0 Å². The SMILES string of the molecule is C#CCC(N)c1cccc(C)c1I. The van der Waals surface area contributed by atoms with Gasteiger partial charge in [0, 0.05) is 16.0 Å². The van der Waals surface area contributed by atoms with Gasteiger partial charge in [0.15, 0.2) is 0 Å². The van der Waals surface area contributed by atoms with Crippen molar-refractivity contribution in [3.05, 3.63) is 32.9 Å². The van der Waals surface area contributed by atoms with Crippen LogP contribution in [0.2, 0.25) is 0 Å². The Labute approximate surface area is 92.9 Å². The van der Waals surface area contributed by atoms with Gasteiger partial charge < -0.3 is 5.73 Å². The van der Waals surface area contributed by atoms with E-state index in [9.17, 15) is 0 Å². The third-order valence-corrected chi connectivity index (χ3v) is 3.43. The van der Waals surface area contributed by atoms with Crippen molar-refractivity contribution in [3.63, 3.8) is 0 Å². The van der Waals surface area contributed by atoms with Crippen molar-refractivity contribution in [2.75, 3.05) is 0 Å². The summed E-state index contributed by atoms with van der Waals surface area (Å²) in [6, 6.07) is 6.10.